The van der Waals surface area contributed by atoms with Crippen LogP contribution in [0.1, 0.15) is 34.0 Å². The molecule has 5 heteroatoms. The van der Waals surface area contributed by atoms with Gasteiger partial charge in [0.1, 0.15) is 12.4 Å². The van der Waals surface area contributed by atoms with E-state index in [1.807, 2.05) is 6.92 Å². The van der Waals surface area contributed by atoms with Gasteiger partial charge in [-0.25, -0.2) is 0 Å². The summed E-state index contributed by atoms with van der Waals surface area (Å²) in [4.78, 5) is 21.5. The molecule has 0 saturated heterocycles. The number of amides is 1. The van der Waals surface area contributed by atoms with Crippen LogP contribution in [0.4, 0.5) is 0 Å². The second-order valence-corrected chi connectivity index (χ2v) is 3.93. The zero-order valence-electron chi connectivity index (χ0n) is 9.46. The molecule has 4 N–H and O–H groups in total. The predicted octanol–water partition coefficient (Wildman–Crippen LogP) is 0.0772. The molecular formula is C12H15NO4. The highest BCUT2D eigenvalue weighted by molar-refractivity contribution is 5.78. The van der Waals surface area contributed by atoms with Gasteiger partial charge in [0.2, 0.25) is 5.91 Å². The van der Waals surface area contributed by atoms with Crippen LogP contribution in [0.15, 0.2) is 18.2 Å². The minimum absolute atomic E-state index is 0.291. The number of aliphatic hydroxyl groups is 2. The number of hydrogen-bond donors (Lipinski definition) is 3. The molecule has 1 aromatic rings. The summed E-state index contributed by atoms with van der Waals surface area (Å²) in [6, 6.07) is 4.86. The molecule has 1 rings (SSSR count). The number of carbonyl (C=O) groups excluding carboxylic acids is 2. The van der Waals surface area contributed by atoms with Gasteiger partial charge in [-0.05, 0) is 18.6 Å². The summed E-state index contributed by atoms with van der Waals surface area (Å²) in [5.74, 6) is -0.712. The van der Waals surface area contributed by atoms with Gasteiger partial charge in [-0.2, -0.15) is 0 Å². The van der Waals surface area contributed by atoms with E-state index in [0.717, 1.165) is 5.56 Å². The SMILES string of the molecule is Cc1ccc(C(O)C(O)CC(N)=O)c(C=O)c1. The Kier molecular flexibility index (Phi) is 4.37. The number of nitrogens with two attached hydrogens (primary N) is 1. The number of hydrogen-bond acceptors (Lipinski definition) is 4. The van der Waals surface area contributed by atoms with Gasteiger partial charge < -0.3 is 15.9 Å². The number of rotatable bonds is 5. The molecule has 1 aromatic carbocycles. The molecule has 0 aliphatic heterocycles. The van der Waals surface area contributed by atoms with E-state index >= 15 is 0 Å². The maximum Gasteiger partial charge on any atom is 0.220 e. The lowest BCUT2D eigenvalue weighted by atomic mass is 9.96. The lowest BCUT2D eigenvalue weighted by Crippen LogP contribution is -2.26. The van der Waals surface area contributed by atoms with Crippen molar-refractivity contribution in [3.63, 3.8) is 0 Å². The minimum Gasteiger partial charge on any atom is -0.390 e. The normalized spacial score (nSPS) is 14.1. The van der Waals surface area contributed by atoms with E-state index in [4.69, 9.17) is 5.73 Å². The Morgan fingerprint density at radius 2 is 2.12 bits per heavy atom. The molecule has 0 fully saturated rings. The summed E-state index contributed by atoms with van der Waals surface area (Å²) in [6.07, 6.45) is -2.37. The van der Waals surface area contributed by atoms with Crippen LogP contribution in [0.2, 0.25) is 0 Å². The van der Waals surface area contributed by atoms with E-state index < -0.39 is 18.1 Å². The fourth-order valence-electron chi connectivity index (χ4n) is 1.59. The van der Waals surface area contributed by atoms with E-state index in [2.05, 4.69) is 0 Å². The first kappa shape index (κ1) is 13.3. The van der Waals surface area contributed by atoms with Crippen LogP contribution in [-0.2, 0) is 4.79 Å². The summed E-state index contributed by atoms with van der Waals surface area (Å²) in [6.45, 7) is 1.81. The van der Waals surface area contributed by atoms with Gasteiger partial charge >= 0.3 is 0 Å². The molecule has 5 nitrogen and oxygen atoms in total. The highest BCUT2D eigenvalue weighted by Gasteiger charge is 2.22. The Morgan fingerprint density at radius 1 is 1.47 bits per heavy atom. The van der Waals surface area contributed by atoms with Crippen molar-refractivity contribution in [3.05, 3.63) is 34.9 Å². The average molecular weight is 237 g/mol. The molecule has 2 unspecified atom stereocenters. The largest absolute Gasteiger partial charge is 0.390 e. The van der Waals surface area contributed by atoms with E-state index in [1.54, 1.807) is 18.2 Å². The van der Waals surface area contributed by atoms with Crippen LogP contribution in [0.5, 0.6) is 0 Å². The van der Waals surface area contributed by atoms with Crippen LogP contribution >= 0.6 is 0 Å². The molecule has 0 aromatic heterocycles. The van der Waals surface area contributed by atoms with Crippen molar-refractivity contribution in [1.29, 1.82) is 0 Å². The van der Waals surface area contributed by atoms with Crippen molar-refractivity contribution in [2.45, 2.75) is 25.6 Å². The third-order valence-corrected chi connectivity index (χ3v) is 2.46. The Hall–Kier alpha value is -1.72. The number of aldehydes is 1. The van der Waals surface area contributed by atoms with Gasteiger partial charge in [-0.3, -0.25) is 9.59 Å². The monoisotopic (exact) mass is 237 g/mol. The molecule has 0 bridgehead atoms. The number of primary amides is 1. The van der Waals surface area contributed by atoms with Gasteiger partial charge in [-0.15, -0.1) is 0 Å². The third kappa shape index (κ3) is 3.37. The average Bonchev–Trinajstić information content (AvgIpc) is 2.27. The van der Waals surface area contributed by atoms with E-state index in [1.165, 1.54) is 0 Å². The maximum absolute atomic E-state index is 10.8. The van der Waals surface area contributed by atoms with E-state index in [-0.39, 0.29) is 6.42 Å². The fraction of sp³-hybridized carbons (Fsp3) is 0.333. The zero-order valence-corrected chi connectivity index (χ0v) is 9.46. The Morgan fingerprint density at radius 3 is 2.65 bits per heavy atom. The first-order valence-electron chi connectivity index (χ1n) is 5.16. The van der Waals surface area contributed by atoms with Gasteiger partial charge in [0.15, 0.2) is 0 Å². The van der Waals surface area contributed by atoms with Crippen LogP contribution in [-0.4, -0.2) is 28.5 Å². The number of aliphatic hydroxyl groups excluding tert-OH is 2. The molecule has 17 heavy (non-hydrogen) atoms. The second kappa shape index (κ2) is 5.56. The lowest BCUT2D eigenvalue weighted by molar-refractivity contribution is -0.121. The highest BCUT2D eigenvalue weighted by atomic mass is 16.3. The summed E-state index contributed by atoms with van der Waals surface area (Å²) in [5, 5.41) is 19.4. The predicted molar refractivity (Wildman–Crippen MR) is 61.3 cm³/mol. The third-order valence-electron chi connectivity index (χ3n) is 2.46. The minimum atomic E-state index is -1.31. The molecule has 0 heterocycles. The van der Waals surface area contributed by atoms with Gasteiger partial charge in [0.25, 0.3) is 0 Å². The standard InChI is InChI=1S/C12H15NO4/c1-7-2-3-9(8(4-7)6-14)12(17)10(15)5-11(13)16/h2-4,6,10,12,15,17H,5H2,1H3,(H2,13,16). The van der Waals surface area contributed by atoms with Gasteiger partial charge in [-0.1, -0.05) is 17.7 Å². The molecule has 0 aliphatic rings. The van der Waals surface area contributed by atoms with Gasteiger partial charge in [0.05, 0.1) is 12.5 Å². The topological polar surface area (TPSA) is 101 Å². The molecule has 0 radical (unpaired) electrons. The van der Waals surface area contributed by atoms with Crippen molar-refractivity contribution in [2.24, 2.45) is 5.73 Å². The molecule has 2 atom stereocenters. The first-order valence-corrected chi connectivity index (χ1v) is 5.16. The molecule has 1 amide bonds. The van der Waals surface area contributed by atoms with Crippen molar-refractivity contribution in [1.82, 2.24) is 0 Å². The smallest absolute Gasteiger partial charge is 0.220 e. The van der Waals surface area contributed by atoms with Crippen LogP contribution in [0.25, 0.3) is 0 Å². The fourth-order valence-corrected chi connectivity index (χ4v) is 1.59. The van der Waals surface area contributed by atoms with Crippen molar-refractivity contribution >= 4 is 12.2 Å². The summed E-state index contributed by atoms with van der Waals surface area (Å²) in [5.41, 5.74) is 6.38. The zero-order chi connectivity index (χ0) is 13.0. The number of aryl methyl sites for hydroxylation is 1. The Labute approximate surface area is 98.9 Å². The number of benzene rings is 1. The molecule has 0 saturated carbocycles. The van der Waals surface area contributed by atoms with Gasteiger partial charge in [0, 0.05) is 5.56 Å². The van der Waals surface area contributed by atoms with Crippen molar-refractivity contribution < 1.29 is 19.8 Å². The Bertz CT molecular complexity index is 431. The van der Waals surface area contributed by atoms with Crippen LogP contribution < -0.4 is 5.73 Å². The second-order valence-electron chi connectivity index (χ2n) is 3.93. The van der Waals surface area contributed by atoms with Crippen molar-refractivity contribution in [3.8, 4) is 0 Å². The summed E-state index contributed by atoms with van der Waals surface area (Å²) < 4.78 is 0. The lowest BCUT2D eigenvalue weighted by Gasteiger charge is -2.18. The van der Waals surface area contributed by atoms with Crippen LogP contribution in [0.3, 0.4) is 0 Å². The molecular weight excluding hydrogens is 222 g/mol. The molecule has 0 aliphatic carbocycles. The van der Waals surface area contributed by atoms with Crippen molar-refractivity contribution in [2.75, 3.05) is 0 Å². The molecule has 0 spiro atoms. The molecule has 92 valence electrons. The van der Waals surface area contributed by atoms with E-state index in [9.17, 15) is 19.8 Å². The quantitative estimate of drug-likeness (QED) is 0.631. The number of carbonyl (C=O) groups is 2. The van der Waals surface area contributed by atoms with Crippen LogP contribution in [0, 0.1) is 6.92 Å². The Balaban J connectivity index is 2.98. The summed E-state index contributed by atoms with van der Waals surface area (Å²) >= 11 is 0. The highest BCUT2D eigenvalue weighted by Crippen LogP contribution is 2.22. The summed E-state index contributed by atoms with van der Waals surface area (Å²) in [7, 11) is 0. The first-order chi connectivity index (χ1) is 7.95. The van der Waals surface area contributed by atoms with E-state index in [0.29, 0.717) is 17.4 Å². The maximum atomic E-state index is 10.8.